The Morgan fingerprint density at radius 3 is 2.75 bits per heavy atom. The van der Waals surface area contributed by atoms with Crippen molar-refractivity contribution in [2.45, 2.75) is 44.8 Å². The van der Waals surface area contributed by atoms with Crippen molar-refractivity contribution >= 4 is 40.7 Å². The van der Waals surface area contributed by atoms with E-state index in [1.165, 1.54) is 0 Å². The molecule has 0 unspecified atom stereocenters. The SMILES string of the molecule is COc1nc(-c2ccnc(-c3cccc(NC(=O)c4nc5c(n4C)CN(CCCF)CC5)c3Cl)c2Cl)ccc1CNC[C@@H]1CCC(=O)N1. The van der Waals surface area contributed by atoms with E-state index in [1.807, 2.05) is 19.2 Å². The molecule has 1 fully saturated rings. The summed E-state index contributed by atoms with van der Waals surface area (Å²) in [7, 11) is 3.38. The third-order valence-corrected chi connectivity index (χ3v) is 9.53. The molecule has 0 bridgehead atoms. The molecule has 0 spiro atoms. The number of imidazole rings is 1. The monoisotopic (exact) mass is 694 g/mol. The minimum absolute atomic E-state index is 0.0831. The van der Waals surface area contributed by atoms with E-state index in [0.29, 0.717) is 84.5 Å². The fraction of sp³-hybridized carbons (Fsp3) is 0.382. The number of benzene rings is 1. The van der Waals surface area contributed by atoms with E-state index in [9.17, 15) is 14.0 Å². The van der Waals surface area contributed by atoms with Crippen LogP contribution in [0.4, 0.5) is 10.1 Å². The van der Waals surface area contributed by atoms with Crippen LogP contribution >= 0.6 is 23.2 Å². The van der Waals surface area contributed by atoms with Crippen LogP contribution in [0.25, 0.3) is 22.5 Å². The molecule has 1 aromatic carbocycles. The molecular weight excluding hydrogens is 658 g/mol. The minimum atomic E-state index is -0.395. The van der Waals surface area contributed by atoms with Gasteiger partial charge in [0.05, 0.1) is 52.3 Å². The van der Waals surface area contributed by atoms with Gasteiger partial charge >= 0.3 is 0 Å². The lowest BCUT2D eigenvalue weighted by Gasteiger charge is -2.26. The van der Waals surface area contributed by atoms with Crippen molar-refractivity contribution in [1.29, 1.82) is 0 Å². The van der Waals surface area contributed by atoms with Gasteiger partial charge in [0.25, 0.3) is 5.91 Å². The zero-order valence-electron chi connectivity index (χ0n) is 26.8. The number of methoxy groups -OCH3 is 1. The highest BCUT2D eigenvalue weighted by molar-refractivity contribution is 6.39. The quantitative estimate of drug-likeness (QED) is 0.185. The molecule has 3 N–H and O–H groups in total. The maximum Gasteiger partial charge on any atom is 0.291 e. The molecule has 14 heteroatoms. The van der Waals surface area contributed by atoms with E-state index < -0.39 is 5.91 Å². The number of alkyl halides is 1. The number of nitrogens with zero attached hydrogens (tertiary/aromatic N) is 5. The van der Waals surface area contributed by atoms with Crippen molar-refractivity contribution in [3.63, 3.8) is 0 Å². The van der Waals surface area contributed by atoms with Gasteiger partial charge in [0.15, 0.2) is 5.82 Å². The number of amides is 2. The first kappa shape index (κ1) is 33.8. The Kier molecular flexibility index (Phi) is 10.5. The summed E-state index contributed by atoms with van der Waals surface area (Å²) >= 11 is 13.8. The van der Waals surface area contributed by atoms with E-state index in [-0.39, 0.29) is 29.5 Å². The second-order valence-electron chi connectivity index (χ2n) is 11.9. The second kappa shape index (κ2) is 15.0. The molecule has 11 nitrogen and oxygen atoms in total. The number of pyridine rings is 2. The zero-order chi connectivity index (χ0) is 33.8. The Morgan fingerprint density at radius 1 is 1.12 bits per heavy atom. The van der Waals surface area contributed by atoms with Gasteiger partial charge in [0.1, 0.15) is 0 Å². The molecule has 1 atom stereocenters. The summed E-state index contributed by atoms with van der Waals surface area (Å²) in [5, 5.41) is 9.85. The number of halogens is 3. The highest BCUT2D eigenvalue weighted by Gasteiger charge is 2.26. The summed E-state index contributed by atoms with van der Waals surface area (Å²) in [6.45, 7) is 2.88. The molecule has 0 saturated carbocycles. The first-order chi connectivity index (χ1) is 23.3. The van der Waals surface area contributed by atoms with Crippen LogP contribution < -0.4 is 20.7 Å². The molecule has 48 heavy (non-hydrogen) atoms. The Labute approximate surface area is 288 Å². The minimum Gasteiger partial charge on any atom is -0.481 e. The molecule has 2 amide bonds. The second-order valence-corrected chi connectivity index (χ2v) is 12.7. The Hall–Kier alpha value is -4.10. The van der Waals surface area contributed by atoms with Gasteiger partial charge in [-0.05, 0) is 31.0 Å². The molecule has 5 heterocycles. The van der Waals surface area contributed by atoms with Crippen molar-refractivity contribution in [3.05, 3.63) is 75.4 Å². The largest absolute Gasteiger partial charge is 0.481 e. The Bertz CT molecular complexity index is 1830. The molecular formula is C34H37Cl2FN8O3. The topological polar surface area (TPSA) is 126 Å². The van der Waals surface area contributed by atoms with Crippen LogP contribution in [0.1, 0.15) is 46.8 Å². The van der Waals surface area contributed by atoms with Crippen LogP contribution in [0.5, 0.6) is 5.88 Å². The molecule has 252 valence electrons. The van der Waals surface area contributed by atoms with Crippen LogP contribution in [-0.2, 0) is 31.4 Å². The number of nitrogens with one attached hydrogen (secondary N) is 3. The average Bonchev–Trinajstić information content (AvgIpc) is 3.66. The van der Waals surface area contributed by atoms with E-state index >= 15 is 0 Å². The summed E-state index contributed by atoms with van der Waals surface area (Å²) in [6.07, 6.45) is 4.18. The summed E-state index contributed by atoms with van der Waals surface area (Å²) in [5.74, 6) is 0.416. The molecule has 2 aliphatic rings. The van der Waals surface area contributed by atoms with Gasteiger partial charge in [-0.1, -0.05) is 41.4 Å². The number of aromatic nitrogens is 4. The lowest BCUT2D eigenvalue weighted by Crippen LogP contribution is -2.35. The number of hydrogen-bond acceptors (Lipinski definition) is 8. The fourth-order valence-corrected chi connectivity index (χ4v) is 6.75. The number of ether oxygens (including phenoxy) is 1. The lowest BCUT2D eigenvalue weighted by molar-refractivity contribution is -0.119. The van der Waals surface area contributed by atoms with Crippen molar-refractivity contribution in [2.75, 3.05) is 38.7 Å². The smallest absolute Gasteiger partial charge is 0.291 e. The van der Waals surface area contributed by atoms with Crippen LogP contribution in [0.3, 0.4) is 0 Å². The average molecular weight is 696 g/mol. The number of fused-ring (bicyclic) bond motifs is 1. The van der Waals surface area contributed by atoms with E-state index in [0.717, 1.165) is 29.9 Å². The number of anilines is 1. The standard InChI is InChI=1S/C34H37Cl2FN8O3/c1-44-27-19-45(15-4-13-37)16-12-25(27)41-32(44)33(47)42-26-6-3-5-23(29(26)35)31-30(36)22(11-14-39-31)24-9-7-20(34(43-24)48-2)17-38-18-21-8-10-28(46)40-21/h3,5-7,9,11,14,21,38H,4,8,10,12-13,15-19H2,1-2H3,(H,40,46)(H,42,47)/t21-/m0/s1. The first-order valence-electron chi connectivity index (χ1n) is 15.9. The van der Waals surface area contributed by atoms with Crippen LogP contribution in [-0.4, -0.2) is 75.7 Å². The molecule has 0 aliphatic carbocycles. The number of hydrogen-bond donors (Lipinski definition) is 3. The summed E-state index contributed by atoms with van der Waals surface area (Å²) in [6, 6.07) is 11.0. The maximum atomic E-state index is 13.4. The molecule has 1 saturated heterocycles. The van der Waals surface area contributed by atoms with Crippen LogP contribution in [0.2, 0.25) is 10.0 Å². The predicted octanol–water partition coefficient (Wildman–Crippen LogP) is 5.20. The van der Waals surface area contributed by atoms with E-state index in [1.54, 1.807) is 42.1 Å². The van der Waals surface area contributed by atoms with Gasteiger partial charge in [0.2, 0.25) is 11.8 Å². The number of carbonyl (C=O) groups is 2. The summed E-state index contributed by atoms with van der Waals surface area (Å²) in [4.78, 5) is 41.0. The molecule has 2 aliphatic heterocycles. The molecule has 3 aromatic heterocycles. The van der Waals surface area contributed by atoms with Crippen molar-refractivity contribution in [1.82, 2.24) is 35.1 Å². The van der Waals surface area contributed by atoms with Crippen LogP contribution in [0, 0.1) is 0 Å². The Balaban J connectivity index is 1.19. The van der Waals surface area contributed by atoms with Crippen molar-refractivity contribution in [3.8, 4) is 28.4 Å². The van der Waals surface area contributed by atoms with Gasteiger partial charge in [-0.25, -0.2) is 9.97 Å². The fourth-order valence-electron chi connectivity index (χ4n) is 6.18. The van der Waals surface area contributed by atoms with Gasteiger partial charge in [-0.3, -0.25) is 23.9 Å². The van der Waals surface area contributed by atoms with Crippen LogP contribution in [0.15, 0.2) is 42.6 Å². The molecule has 4 aromatic rings. The molecule has 6 rings (SSSR count). The van der Waals surface area contributed by atoms with Crippen molar-refractivity contribution < 1.29 is 18.7 Å². The number of rotatable bonds is 12. The van der Waals surface area contributed by atoms with Gasteiger partial charge in [-0.2, -0.15) is 0 Å². The van der Waals surface area contributed by atoms with E-state index in [4.69, 9.17) is 32.9 Å². The third kappa shape index (κ3) is 7.17. The Morgan fingerprint density at radius 2 is 1.98 bits per heavy atom. The maximum absolute atomic E-state index is 13.4. The highest BCUT2D eigenvalue weighted by Crippen LogP contribution is 2.40. The van der Waals surface area contributed by atoms with Gasteiger partial charge in [-0.15, -0.1) is 0 Å². The predicted molar refractivity (Wildman–Crippen MR) is 183 cm³/mol. The van der Waals surface area contributed by atoms with Gasteiger partial charge < -0.3 is 25.3 Å². The van der Waals surface area contributed by atoms with E-state index in [2.05, 4.69) is 30.8 Å². The summed E-state index contributed by atoms with van der Waals surface area (Å²) in [5.41, 5.74) is 5.28. The summed E-state index contributed by atoms with van der Waals surface area (Å²) < 4.78 is 20.1. The number of carbonyl (C=O) groups excluding carboxylic acids is 2. The first-order valence-corrected chi connectivity index (χ1v) is 16.6. The van der Waals surface area contributed by atoms with Gasteiger partial charge in [0, 0.05) is 81.5 Å². The lowest BCUT2D eigenvalue weighted by atomic mass is 10.1. The normalized spacial score (nSPS) is 16.1. The highest BCUT2D eigenvalue weighted by atomic mass is 35.5. The van der Waals surface area contributed by atoms with Crippen molar-refractivity contribution in [2.24, 2.45) is 7.05 Å². The molecule has 0 radical (unpaired) electrons. The zero-order valence-corrected chi connectivity index (χ0v) is 28.3. The third-order valence-electron chi connectivity index (χ3n) is 8.74.